The molecule has 1 aliphatic rings. The molecule has 2 aromatic rings. The minimum atomic E-state index is -1.36. The first-order valence-electron chi connectivity index (χ1n) is 7.66. The number of nitrogens with one attached hydrogen (secondary N) is 2. The van der Waals surface area contributed by atoms with Gasteiger partial charge >= 0.3 is 11.8 Å². The molecule has 132 valence electrons. The molecule has 3 rings (SSSR count). The standard InChI is InChI=1S/C17H18N2O5S/c1-17(22,11-4-5-13-14(7-11)24-10-23-13)9-19-16(21)15(20)18-8-12-3-2-6-25-12/h2-7,22H,8-10H2,1H3,(H,18,20)(H,19,21). The Hall–Kier alpha value is -2.58. The van der Waals surface area contributed by atoms with Gasteiger partial charge in [0, 0.05) is 4.88 Å². The van der Waals surface area contributed by atoms with Crippen LogP contribution < -0.4 is 20.1 Å². The van der Waals surface area contributed by atoms with Gasteiger partial charge in [0.2, 0.25) is 6.79 Å². The maximum Gasteiger partial charge on any atom is 0.309 e. The normalized spacial score (nSPS) is 14.6. The Bertz CT molecular complexity index is 773. The summed E-state index contributed by atoms with van der Waals surface area (Å²) in [7, 11) is 0. The van der Waals surface area contributed by atoms with Crippen LogP contribution in [0, 0.1) is 0 Å². The smallest absolute Gasteiger partial charge is 0.309 e. The predicted octanol–water partition coefficient (Wildman–Crippen LogP) is 1.12. The zero-order valence-electron chi connectivity index (χ0n) is 13.6. The summed E-state index contributed by atoms with van der Waals surface area (Å²) in [5.74, 6) is -0.387. The van der Waals surface area contributed by atoms with Gasteiger partial charge in [-0.15, -0.1) is 11.3 Å². The Kier molecular flexibility index (Phi) is 4.91. The van der Waals surface area contributed by atoms with E-state index in [1.807, 2.05) is 17.5 Å². The number of ether oxygens (including phenoxy) is 2. The van der Waals surface area contributed by atoms with Crippen LogP contribution in [0.1, 0.15) is 17.4 Å². The Morgan fingerprint density at radius 2 is 1.96 bits per heavy atom. The number of thiophene rings is 1. The molecule has 7 nitrogen and oxygen atoms in total. The second-order valence-electron chi connectivity index (χ2n) is 5.79. The Balaban J connectivity index is 1.54. The van der Waals surface area contributed by atoms with E-state index in [4.69, 9.17) is 9.47 Å². The lowest BCUT2D eigenvalue weighted by molar-refractivity contribution is -0.139. The molecule has 0 saturated carbocycles. The molecule has 0 spiro atoms. The number of carbonyl (C=O) groups excluding carboxylic acids is 2. The van der Waals surface area contributed by atoms with E-state index in [0.29, 0.717) is 23.6 Å². The summed E-state index contributed by atoms with van der Waals surface area (Å²) in [5.41, 5.74) is -0.805. The van der Waals surface area contributed by atoms with Gasteiger partial charge in [0.1, 0.15) is 5.60 Å². The molecule has 2 heterocycles. The SMILES string of the molecule is CC(O)(CNC(=O)C(=O)NCc1cccs1)c1ccc2c(c1)OCO2. The van der Waals surface area contributed by atoms with E-state index in [2.05, 4.69) is 10.6 Å². The third-order valence-corrected chi connectivity index (χ3v) is 4.67. The summed E-state index contributed by atoms with van der Waals surface area (Å²) in [6, 6.07) is 8.78. The molecular formula is C17H18N2O5S. The van der Waals surface area contributed by atoms with Crippen LogP contribution in [0.4, 0.5) is 0 Å². The van der Waals surface area contributed by atoms with E-state index in [-0.39, 0.29) is 13.3 Å². The Morgan fingerprint density at radius 3 is 2.72 bits per heavy atom. The topological polar surface area (TPSA) is 96.9 Å². The number of rotatable bonds is 5. The molecule has 2 amide bonds. The molecule has 8 heteroatoms. The molecule has 3 N–H and O–H groups in total. The van der Waals surface area contributed by atoms with Gasteiger partial charge in [-0.3, -0.25) is 9.59 Å². The van der Waals surface area contributed by atoms with Crippen LogP contribution in [-0.4, -0.2) is 30.3 Å². The summed E-state index contributed by atoms with van der Waals surface area (Å²) in [6.07, 6.45) is 0. The number of fused-ring (bicyclic) bond motifs is 1. The highest BCUT2D eigenvalue weighted by Gasteiger charge is 2.27. The molecule has 0 fully saturated rings. The number of hydrogen-bond donors (Lipinski definition) is 3. The fraction of sp³-hybridized carbons (Fsp3) is 0.294. The molecule has 0 aliphatic carbocycles. The van der Waals surface area contributed by atoms with Crippen LogP contribution in [0.5, 0.6) is 11.5 Å². The van der Waals surface area contributed by atoms with Crippen LogP contribution in [0.25, 0.3) is 0 Å². The monoisotopic (exact) mass is 362 g/mol. The van der Waals surface area contributed by atoms with Gasteiger partial charge in [0.05, 0.1) is 13.1 Å². The summed E-state index contributed by atoms with van der Waals surface area (Å²) in [6.45, 7) is 1.87. The van der Waals surface area contributed by atoms with Crippen molar-refractivity contribution in [2.24, 2.45) is 0 Å². The minimum absolute atomic E-state index is 0.113. The largest absolute Gasteiger partial charge is 0.454 e. The lowest BCUT2D eigenvalue weighted by Crippen LogP contribution is -2.45. The number of hydrogen-bond acceptors (Lipinski definition) is 6. The molecule has 1 aliphatic heterocycles. The zero-order valence-corrected chi connectivity index (χ0v) is 14.4. The van der Waals surface area contributed by atoms with Gasteiger partial charge in [0.25, 0.3) is 0 Å². The molecule has 0 radical (unpaired) electrons. The Labute approximate surface area is 148 Å². The molecule has 1 atom stereocenters. The lowest BCUT2D eigenvalue weighted by atomic mass is 9.95. The molecule has 1 unspecified atom stereocenters. The van der Waals surface area contributed by atoms with Gasteiger partial charge in [-0.25, -0.2) is 0 Å². The number of benzene rings is 1. The van der Waals surface area contributed by atoms with Crippen LogP contribution in [0.15, 0.2) is 35.7 Å². The molecule has 25 heavy (non-hydrogen) atoms. The van der Waals surface area contributed by atoms with E-state index in [1.54, 1.807) is 25.1 Å². The van der Waals surface area contributed by atoms with Crippen molar-refractivity contribution < 1.29 is 24.2 Å². The third kappa shape index (κ3) is 4.09. The zero-order chi connectivity index (χ0) is 17.9. The summed E-state index contributed by atoms with van der Waals surface area (Å²) in [4.78, 5) is 24.7. The fourth-order valence-corrected chi connectivity index (χ4v) is 2.97. The minimum Gasteiger partial charge on any atom is -0.454 e. The number of amides is 2. The summed E-state index contributed by atoms with van der Waals surface area (Å²) < 4.78 is 10.5. The molecule has 1 aromatic heterocycles. The Morgan fingerprint density at radius 1 is 1.20 bits per heavy atom. The van der Waals surface area contributed by atoms with Crippen molar-refractivity contribution in [3.63, 3.8) is 0 Å². The van der Waals surface area contributed by atoms with Crippen molar-refractivity contribution in [3.8, 4) is 11.5 Å². The molecule has 1 aromatic carbocycles. The van der Waals surface area contributed by atoms with E-state index in [1.165, 1.54) is 11.3 Å². The quantitative estimate of drug-likeness (QED) is 0.693. The van der Waals surface area contributed by atoms with Gasteiger partial charge in [-0.1, -0.05) is 12.1 Å². The highest BCUT2D eigenvalue weighted by molar-refractivity contribution is 7.09. The first-order chi connectivity index (χ1) is 12.0. The van der Waals surface area contributed by atoms with Gasteiger partial charge in [0.15, 0.2) is 11.5 Å². The first-order valence-corrected chi connectivity index (χ1v) is 8.54. The fourth-order valence-electron chi connectivity index (χ4n) is 2.33. The second kappa shape index (κ2) is 7.12. The van der Waals surface area contributed by atoms with Crippen molar-refractivity contribution in [2.75, 3.05) is 13.3 Å². The lowest BCUT2D eigenvalue weighted by Gasteiger charge is -2.24. The summed E-state index contributed by atoms with van der Waals surface area (Å²) >= 11 is 1.49. The van der Waals surface area contributed by atoms with E-state index in [0.717, 1.165) is 4.88 Å². The van der Waals surface area contributed by atoms with Crippen molar-refractivity contribution >= 4 is 23.2 Å². The third-order valence-electron chi connectivity index (χ3n) is 3.80. The molecule has 0 saturated heterocycles. The highest BCUT2D eigenvalue weighted by Crippen LogP contribution is 2.35. The van der Waals surface area contributed by atoms with Gasteiger partial charge in [-0.2, -0.15) is 0 Å². The van der Waals surface area contributed by atoms with E-state index in [9.17, 15) is 14.7 Å². The number of aliphatic hydroxyl groups is 1. The maximum absolute atomic E-state index is 11.9. The average molecular weight is 362 g/mol. The van der Waals surface area contributed by atoms with Crippen LogP contribution in [0.2, 0.25) is 0 Å². The highest BCUT2D eigenvalue weighted by atomic mass is 32.1. The van der Waals surface area contributed by atoms with Gasteiger partial charge in [-0.05, 0) is 36.1 Å². The van der Waals surface area contributed by atoms with E-state index < -0.39 is 17.4 Å². The first kappa shape index (κ1) is 17.2. The van der Waals surface area contributed by atoms with E-state index >= 15 is 0 Å². The van der Waals surface area contributed by atoms with Crippen LogP contribution in [-0.2, 0) is 21.7 Å². The average Bonchev–Trinajstić information content (AvgIpc) is 3.27. The van der Waals surface area contributed by atoms with Crippen LogP contribution in [0.3, 0.4) is 0 Å². The van der Waals surface area contributed by atoms with Crippen molar-refractivity contribution in [2.45, 2.75) is 19.1 Å². The molecular weight excluding hydrogens is 344 g/mol. The number of carbonyl (C=O) groups is 2. The maximum atomic E-state index is 11.9. The summed E-state index contributed by atoms with van der Waals surface area (Å²) in [5, 5.41) is 17.5. The van der Waals surface area contributed by atoms with Gasteiger partial charge < -0.3 is 25.2 Å². The van der Waals surface area contributed by atoms with Crippen molar-refractivity contribution in [1.29, 1.82) is 0 Å². The van der Waals surface area contributed by atoms with Crippen LogP contribution >= 0.6 is 11.3 Å². The second-order valence-corrected chi connectivity index (χ2v) is 6.82. The van der Waals surface area contributed by atoms with Crippen molar-refractivity contribution in [1.82, 2.24) is 10.6 Å². The van der Waals surface area contributed by atoms with Crippen molar-refractivity contribution in [3.05, 3.63) is 46.2 Å². The molecule has 0 bridgehead atoms. The predicted molar refractivity (Wildman–Crippen MR) is 91.3 cm³/mol.